The highest BCUT2D eigenvalue weighted by Gasteiger charge is 2.19. The highest BCUT2D eigenvalue weighted by Crippen LogP contribution is 2.31. The molecule has 0 radical (unpaired) electrons. The van der Waals surface area contributed by atoms with Crippen LogP contribution in [0.5, 0.6) is 5.75 Å². The highest BCUT2D eigenvalue weighted by molar-refractivity contribution is 7.18. The second-order valence-electron chi connectivity index (χ2n) is 7.08. The van der Waals surface area contributed by atoms with Crippen molar-refractivity contribution in [1.29, 1.82) is 0 Å². The lowest BCUT2D eigenvalue weighted by molar-refractivity contribution is 0.104. The van der Waals surface area contributed by atoms with E-state index >= 15 is 0 Å². The Morgan fingerprint density at radius 1 is 1.14 bits per heavy atom. The van der Waals surface area contributed by atoms with Crippen molar-refractivity contribution in [3.05, 3.63) is 59.0 Å². The zero-order valence-corrected chi connectivity index (χ0v) is 16.9. The largest absolute Gasteiger partial charge is 0.508 e. The molecule has 1 saturated heterocycles. The van der Waals surface area contributed by atoms with Crippen LogP contribution in [0.25, 0.3) is 0 Å². The number of thiazole rings is 1. The van der Waals surface area contributed by atoms with Gasteiger partial charge in [-0.25, -0.2) is 4.98 Å². The van der Waals surface area contributed by atoms with E-state index in [-0.39, 0.29) is 17.4 Å². The van der Waals surface area contributed by atoms with E-state index in [1.807, 2.05) is 12.1 Å². The van der Waals surface area contributed by atoms with Gasteiger partial charge in [-0.2, -0.15) is 0 Å². The SMILES string of the molecule is CN1CCN(c2ccc(Nc3nc(N)c(C(=O)c4cccc(O)c4)s3)cc2)CC1. The van der Waals surface area contributed by atoms with Gasteiger partial charge in [-0.05, 0) is 43.4 Å². The first-order valence-electron chi connectivity index (χ1n) is 9.40. The lowest BCUT2D eigenvalue weighted by Crippen LogP contribution is -2.44. The molecular formula is C21H23N5O2S. The number of phenolic OH excluding ortho intramolecular Hbond substituents is 1. The minimum Gasteiger partial charge on any atom is -0.508 e. The number of nitrogen functional groups attached to an aromatic ring is 1. The van der Waals surface area contributed by atoms with Crippen LogP contribution in [0, 0.1) is 0 Å². The fourth-order valence-corrected chi connectivity index (χ4v) is 4.14. The second-order valence-corrected chi connectivity index (χ2v) is 8.07. The standard InChI is InChI=1S/C21H23N5O2S/c1-25-9-11-26(12-10-25)16-7-5-15(6-8-16)23-21-24-20(22)19(29-21)18(28)14-3-2-4-17(27)13-14/h2-8,13,27H,9-12,22H2,1H3,(H,23,24). The van der Waals surface area contributed by atoms with Crippen LogP contribution in [0.3, 0.4) is 0 Å². The maximum absolute atomic E-state index is 12.7. The van der Waals surface area contributed by atoms with E-state index in [4.69, 9.17) is 5.73 Å². The molecule has 4 N–H and O–H groups in total. The highest BCUT2D eigenvalue weighted by atomic mass is 32.1. The number of ketones is 1. The third-order valence-electron chi connectivity index (χ3n) is 4.95. The summed E-state index contributed by atoms with van der Waals surface area (Å²) in [5.41, 5.74) is 8.43. The van der Waals surface area contributed by atoms with Crippen LogP contribution >= 0.6 is 11.3 Å². The Hall–Kier alpha value is -3.10. The number of nitrogens with one attached hydrogen (secondary N) is 1. The summed E-state index contributed by atoms with van der Waals surface area (Å²) in [6.07, 6.45) is 0. The van der Waals surface area contributed by atoms with Gasteiger partial charge < -0.3 is 26.0 Å². The normalized spacial score (nSPS) is 14.7. The van der Waals surface area contributed by atoms with Gasteiger partial charge in [0.15, 0.2) is 5.13 Å². The van der Waals surface area contributed by atoms with E-state index in [1.165, 1.54) is 29.2 Å². The van der Waals surface area contributed by atoms with Gasteiger partial charge in [0.05, 0.1) is 0 Å². The number of aromatic nitrogens is 1. The van der Waals surface area contributed by atoms with E-state index in [1.54, 1.807) is 12.1 Å². The quantitative estimate of drug-likeness (QED) is 0.557. The monoisotopic (exact) mass is 409 g/mol. The lowest BCUT2D eigenvalue weighted by atomic mass is 10.1. The molecule has 0 aliphatic carbocycles. The van der Waals surface area contributed by atoms with Gasteiger partial charge >= 0.3 is 0 Å². The van der Waals surface area contributed by atoms with Crippen molar-refractivity contribution in [1.82, 2.24) is 9.88 Å². The molecule has 150 valence electrons. The first-order chi connectivity index (χ1) is 14.0. The van der Waals surface area contributed by atoms with Crippen molar-refractivity contribution in [2.75, 3.05) is 49.2 Å². The van der Waals surface area contributed by atoms with E-state index in [0.717, 1.165) is 31.9 Å². The van der Waals surface area contributed by atoms with Crippen molar-refractivity contribution in [2.45, 2.75) is 0 Å². The molecule has 7 nitrogen and oxygen atoms in total. The summed E-state index contributed by atoms with van der Waals surface area (Å²) in [6, 6.07) is 14.4. The Bertz CT molecular complexity index is 1010. The molecule has 2 aromatic carbocycles. The third kappa shape index (κ3) is 4.33. The number of benzene rings is 2. The molecule has 1 aliphatic rings. The second kappa shape index (κ2) is 8.10. The number of aromatic hydroxyl groups is 1. The summed E-state index contributed by atoms with van der Waals surface area (Å²) >= 11 is 1.20. The van der Waals surface area contributed by atoms with Gasteiger partial charge in [-0.15, -0.1) is 0 Å². The first kappa shape index (κ1) is 19.2. The Labute approximate surface area is 173 Å². The average molecular weight is 410 g/mol. The molecule has 0 amide bonds. The van der Waals surface area contributed by atoms with Gasteiger partial charge in [0, 0.05) is 43.1 Å². The molecule has 1 aromatic heterocycles. The van der Waals surface area contributed by atoms with E-state index in [2.05, 4.69) is 39.3 Å². The summed E-state index contributed by atoms with van der Waals surface area (Å²) < 4.78 is 0. The number of rotatable bonds is 5. The number of anilines is 4. The molecule has 0 unspecified atom stereocenters. The smallest absolute Gasteiger partial charge is 0.206 e. The fraction of sp³-hybridized carbons (Fsp3) is 0.238. The van der Waals surface area contributed by atoms with E-state index in [9.17, 15) is 9.90 Å². The molecule has 0 spiro atoms. The molecule has 0 saturated carbocycles. The Kier molecular flexibility index (Phi) is 5.37. The van der Waals surface area contributed by atoms with Gasteiger partial charge in [-0.3, -0.25) is 4.79 Å². The minimum absolute atomic E-state index is 0.0396. The van der Waals surface area contributed by atoms with Crippen LogP contribution in [-0.4, -0.2) is 54.0 Å². The zero-order chi connectivity index (χ0) is 20.4. The van der Waals surface area contributed by atoms with Gasteiger partial charge in [0.2, 0.25) is 5.78 Å². The van der Waals surface area contributed by atoms with Crippen LogP contribution in [0.15, 0.2) is 48.5 Å². The molecule has 1 fully saturated rings. The van der Waals surface area contributed by atoms with Crippen LogP contribution in [-0.2, 0) is 0 Å². The number of nitrogens with zero attached hydrogens (tertiary/aromatic N) is 3. The first-order valence-corrected chi connectivity index (χ1v) is 10.2. The molecule has 29 heavy (non-hydrogen) atoms. The molecule has 0 bridgehead atoms. The number of hydrogen-bond acceptors (Lipinski definition) is 8. The number of likely N-dealkylation sites (N-methyl/N-ethyl adjacent to an activating group) is 1. The Morgan fingerprint density at radius 2 is 1.86 bits per heavy atom. The number of nitrogens with two attached hydrogens (primary N) is 1. The number of phenols is 1. The summed E-state index contributed by atoms with van der Waals surface area (Å²) in [5.74, 6) is -0.0352. The Morgan fingerprint density at radius 3 is 2.55 bits per heavy atom. The summed E-state index contributed by atoms with van der Waals surface area (Å²) in [4.78, 5) is 22.0. The number of hydrogen-bond donors (Lipinski definition) is 3. The molecule has 8 heteroatoms. The Balaban J connectivity index is 1.46. The summed E-state index contributed by atoms with van der Waals surface area (Å²) in [7, 11) is 2.14. The van der Waals surface area contributed by atoms with Crippen molar-refractivity contribution >= 4 is 39.4 Å². The number of carbonyl (C=O) groups excluding carboxylic acids is 1. The number of carbonyl (C=O) groups is 1. The molecular weight excluding hydrogens is 386 g/mol. The fourth-order valence-electron chi connectivity index (χ4n) is 3.27. The van der Waals surface area contributed by atoms with Crippen LogP contribution < -0.4 is 16.0 Å². The maximum Gasteiger partial charge on any atom is 0.206 e. The third-order valence-corrected chi connectivity index (χ3v) is 5.94. The van der Waals surface area contributed by atoms with Crippen molar-refractivity contribution < 1.29 is 9.90 Å². The predicted molar refractivity (Wildman–Crippen MR) is 118 cm³/mol. The van der Waals surface area contributed by atoms with E-state index < -0.39 is 0 Å². The van der Waals surface area contributed by atoms with Crippen molar-refractivity contribution in [2.24, 2.45) is 0 Å². The van der Waals surface area contributed by atoms with Gasteiger partial charge in [-0.1, -0.05) is 23.5 Å². The maximum atomic E-state index is 12.7. The molecule has 4 rings (SSSR count). The molecule has 2 heterocycles. The predicted octanol–water partition coefficient (Wildman–Crippen LogP) is 3.16. The minimum atomic E-state index is -0.255. The van der Waals surface area contributed by atoms with E-state index in [0.29, 0.717) is 15.6 Å². The van der Waals surface area contributed by atoms with Crippen molar-refractivity contribution in [3.8, 4) is 5.75 Å². The van der Waals surface area contributed by atoms with Crippen LogP contribution in [0.4, 0.5) is 22.3 Å². The average Bonchev–Trinajstić information content (AvgIpc) is 3.08. The zero-order valence-electron chi connectivity index (χ0n) is 16.1. The lowest BCUT2D eigenvalue weighted by Gasteiger charge is -2.34. The van der Waals surface area contributed by atoms with Crippen LogP contribution in [0.1, 0.15) is 15.2 Å². The topological polar surface area (TPSA) is 94.7 Å². The molecule has 1 aliphatic heterocycles. The van der Waals surface area contributed by atoms with Crippen molar-refractivity contribution in [3.63, 3.8) is 0 Å². The van der Waals surface area contributed by atoms with Crippen LogP contribution in [0.2, 0.25) is 0 Å². The number of piperazine rings is 1. The molecule has 3 aromatic rings. The molecule has 0 atom stereocenters. The van der Waals surface area contributed by atoms with Gasteiger partial charge in [0.1, 0.15) is 16.4 Å². The summed E-state index contributed by atoms with van der Waals surface area (Å²) in [6.45, 7) is 4.17. The van der Waals surface area contributed by atoms with Gasteiger partial charge in [0.25, 0.3) is 0 Å². The summed E-state index contributed by atoms with van der Waals surface area (Å²) in [5, 5.41) is 13.4.